The molecule has 1 atom stereocenters. The normalized spacial score (nSPS) is 12.9. The molecule has 1 unspecified atom stereocenters. The third-order valence-corrected chi connectivity index (χ3v) is 5.16. The average molecular weight is 424 g/mol. The van der Waals surface area contributed by atoms with E-state index in [1.807, 2.05) is 50.2 Å². The van der Waals surface area contributed by atoms with Crippen molar-refractivity contribution in [3.05, 3.63) is 53.4 Å². The topological polar surface area (TPSA) is 81.3 Å². The van der Waals surface area contributed by atoms with Gasteiger partial charge in [-0.3, -0.25) is 4.99 Å². The first kappa shape index (κ1) is 22.4. The zero-order chi connectivity index (χ0) is 22.5. The highest BCUT2D eigenvalue weighted by Crippen LogP contribution is 2.33. The predicted octanol–water partition coefficient (Wildman–Crippen LogP) is 5.08. The number of methoxy groups -OCH3 is 2. The van der Waals surface area contributed by atoms with E-state index in [0.717, 1.165) is 22.9 Å². The minimum Gasteiger partial charge on any atom is -0.493 e. The van der Waals surface area contributed by atoms with Crippen molar-refractivity contribution in [3.63, 3.8) is 0 Å². The van der Waals surface area contributed by atoms with Crippen LogP contribution in [-0.4, -0.2) is 31.3 Å². The second kappa shape index (κ2) is 9.69. The molecule has 3 aromatic rings. The van der Waals surface area contributed by atoms with Crippen LogP contribution in [0.5, 0.6) is 11.5 Å². The molecule has 0 amide bonds. The monoisotopic (exact) mass is 423 g/mol. The van der Waals surface area contributed by atoms with Crippen molar-refractivity contribution in [1.82, 2.24) is 0 Å². The molecule has 3 rings (SSSR count). The Morgan fingerprint density at radius 1 is 1.06 bits per heavy atom. The van der Waals surface area contributed by atoms with Gasteiger partial charge in [0.1, 0.15) is 17.4 Å². The average Bonchev–Trinajstić information content (AvgIpc) is 2.77. The van der Waals surface area contributed by atoms with Gasteiger partial charge in [0.25, 0.3) is 0 Å². The van der Waals surface area contributed by atoms with Gasteiger partial charge in [-0.2, -0.15) is 0 Å². The van der Waals surface area contributed by atoms with Gasteiger partial charge in [0.05, 0.1) is 19.6 Å². The van der Waals surface area contributed by atoms with Gasteiger partial charge < -0.3 is 19.0 Å². The van der Waals surface area contributed by atoms with Crippen molar-refractivity contribution in [2.75, 3.05) is 14.2 Å². The first-order valence-corrected chi connectivity index (χ1v) is 10.4. The Bertz CT molecular complexity index is 1150. The SMILES string of the molecule is CCc1ccc2oc(-c3ccc(OC)c(OC)c3)cc(=NC(CC(C)C)C(=O)O)c2c1. The van der Waals surface area contributed by atoms with Crippen LogP contribution in [-0.2, 0) is 11.2 Å². The molecule has 2 aromatic carbocycles. The summed E-state index contributed by atoms with van der Waals surface area (Å²) >= 11 is 0. The number of carbonyl (C=O) groups is 1. The van der Waals surface area contributed by atoms with E-state index in [2.05, 4.69) is 11.9 Å². The zero-order valence-electron chi connectivity index (χ0n) is 18.6. The van der Waals surface area contributed by atoms with E-state index in [9.17, 15) is 9.90 Å². The Balaban J connectivity index is 2.26. The predicted molar refractivity (Wildman–Crippen MR) is 121 cm³/mol. The van der Waals surface area contributed by atoms with E-state index in [0.29, 0.717) is 34.6 Å². The summed E-state index contributed by atoms with van der Waals surface area (Å²) in [5, 5.41) is 11.1. The first-order chi connectivity index (χ1) is 14.9. The highest BCUT2D eigenvalue weighted by molar-refractivity contribution is 5.80. The molecule has 164 valence electrons. The van der Waals surface area contributed by atoms with Crippen LogP contribution in [0.1, 0.15) is 32.8 Å². The molecular weight excluding hydrogens is 394 g/mol. The number of fused-ring (bicyclic) bond motifs is 1. The highest BCUT2D eigenvalue weighted by atomic mass is 16.5. The largest absolute Gasteiger partial charge is 0.493 e. The number of benzene rings is 2. The number of aliphatic carboxylic acids is 1. The second-order valence-corrected chi connectivity index (χ2v) is 7.86. The quantitative estimate of drug-likeness (QED) is 0.546. The molecule has 0 saturated carbocycles. The van der Waals surface area contributed by atoms with Gasteiger partial charge in [0.15, 0.2) is 11.5 Å². The summed E-state index contributed by atoms with van der Waals surface area (Å²) < 4.78 is 16.9. The fourth-order valence-electron chi connectivity index (χ4n) is 3.50. The molecule has 0 saturated heterocycles. The number of nitrogens with zero attached hydrogens (tertiary/aromatic N) is 1. The number of hydrogen-bond donors (Lipinski definition) is 1. The summed E-state index contributed by atoms with van der Waals surface area (Å²) in [5.41, 5.74) is 2.57. The Morgan fingerprint density at radius 3 is 2.42 bits per heavy atom. The molecule has 0 bridgehead atoms. The molecule has 0 aliphatic heterocycles. The molecule has 0 spiro atoms. The molecule has 1 N–H and O–H groups in total. The summed E-state index contributed by atoms with van der Waals surface area (Å²) in [6.07, 6.45) is 1.32. The number of hydrogen-bond acceptors (Lipinski definition) is 5. The van der Waals surface area contributed by atoms with E-state index >= 15 is 0 Å². The molecule has 6 nitrogen and oxygen atoms in total. The van der Waals surface area contributed by atoms with Crippen molar-refractivity contribution in [1.29, 1.82) is 0 Å². The summed E-state index contributed by atoms with van der Waals surface area (Å²) in [5.74, 6) is 1.05. The minimum atomic E-state index is -0.929. The molecular formula is C25H29NO5. The van der Waals surface area contributed by atoms with Gasteiger partial charge in [-0.25, -0.2) is 4.79 Å². The smallest absolute Gasteiger partial charge is 0.328 e. The van der Waals surface area contributed by atoms with E-state index in [1.165, 1.54) is 0 Å². The lowest BCUT2D eigenvalue weighted by Crippen LogP contribution is -2.23. The Hall–Kier alpha value is -3.28. The standard InChI is InChI=1S/C25H29NO5/c1-6-16-7-9-21-18(12-16)19(26-20(25(27)28)11-15(2)3)14-23(31-21)17-8-10-22(29-4)24(13-17)30-5/h7-10,12-15,20H,6,11H2,1-5H3,(H,27,28). The minimum absolute atomic E-state index is 0.209. The molecule has 1 heterocycles. The summed E-state index contributed by atoms with van der Waals surface area (Å²) in [4.78, 5) is 16.5. The van der Waals surface area contributed by atoms with E-state index in [1.54, 1.807) is 20.3 Å². The molecule has 0 fully saturated rings. The fourth-order valence-corrected chi connectivity index (χ4v) is 3.50. The van der Waals surface area contributed by atoms with Gasteiger partial charge in [0, 0.05) is 17.0 Å². The van der Waals surface area contributed by atoms with Crippen LogP contribution in [0.15, 0.2) is 51.9 Å². The van der Waals surface area contributed by atoms with Crippen molar-refractivity contribution in [2.45, 2.75) is 39.7 Å². The Morgan fingerprint density at radius 2 is 1.81 bits per heavy atom. The Labute approximate surface area is 182 Å². The van der Waals surface area contributed by atoms with Crippen molar-refractivity contribution < 1.29 is 23.8 Å². The molecule has 0 aliphatic carbocycles. The molecule has 0 aliphatic rings. The van der Waals surface area contributed by atoms with Gasteiger partial charge in [-0.1, -0.05) is 26.8 Å². The number of rotatable bonds is 8. The molecule has 31 heavy (non-hydrogen) atoms. The molecule has 0 radical (unpaired) electrons. The van der Waals surface area contributed by atoms with Crippen LogP contribution >= 0.6 is 0 Å². The van der Waals surface area contributed by atoms with Crippen LogP contribution in [0.3, 0.4) is 0 Å². The van der Waals surface area contributed by atoms with Crippen LogP contribution in [0, 0.1) is 5.92 Å². The zero-order valence-corrected chi connectivity index (χ0v) is 18.6. The number of ether oxygens (including phenoxy) is 2. The fraction of sp³-hybridized carbons (Fsp3) is 0.360. The lowest BCUT2D eigenvalue weighted by atomic mass is 10.0. The van der Waals surface area contributed by atoms with Gasteiger partial charge in [-0.05, 0) is 54.7 Å². The summed E-state index contributed by atoms with van der Waals surface area (Å²) in [6, 6.07) is 12.4. The van der Waals surface area contributed by atoms with Crippen LogP contribution in [0.4, 0.5) is 0 Å². The lowest BCUT2D eigenvalue weighted by Gasteiger charge is -2.12. The first-order valence-electron chi connectivity index (χ1n) is 10.4. The third kappa shape index (κ3) is 5.08. The highest BCUT2D eigenvalue weighted by Gasteiger charge is 2.18. The van der Waals surface area contributed by atoms with Crippen LogP contribution in [0.2, 0.25) is 0 Å². The number of carboxylic acid groups (broad SMARTS) is 1. The molecule has 6 heteroatoms. The van der Waals surface area contributed by atoms with Gasteiger partial charge in [-0.15, -0.1) is 0 Å². The summed E-state index contributed by atoms with van der Waals surface area (Å²) in [6.45, 7) is 6.06. The van der Waals surface area contributed by atoms with Crippen molar-refractivity contribution in [2.24, 2.45) is 10.9 Å². The lowest BCUT2D eigenvalue weighted by molar-refractivity contribution is -0.138. The number of carboxylic acids is 1. The third-order valence-electron chi connectivity index (χ3n) is 5.16. The maximum absolute atomic E-state index is 11.9. The van der Waals surface area contributed by atoms with Gasteiger partial charge >= 0.3 is 5.97 Å². The van der Waals surface area contributed by atoms with E-state index in [-0.39, 0.29) is 5.92 Å². The van der Waals surface area contributed by atoms with Crippen LogP contribution in [0.25, 0.3) is 22.3 Å². The van der Waals surface area contributed by atoms with Crippen molar-refractivity contribution in [3.8, 4) is 22.8 Å². The maximum Gasteiger partial charge on any atom is 0.328 e. The van der Waals surface area contributed by atoms with Crippen LogP contribution < -0.4 is 14.8 Å². The van der Waals surface area contributed by atoms with Crippen molar-refractivity contribution >= 4 is 16.9 Å². The maximum atomic E-state index is 11.9. The van der Waals surface area contributed by atoms with Gasteiger partial charge in [0.2, 0.25) is 0 Å². The number of aryl methyl sites for hydroxylation is 1. The van der Waals surface area contributed by atoms with E-state index in [4.69, 9.17) is 13.9 Å². The molecule has 1 aromatic heterocycles. The Kier molecular flexibility index (Phi) is 7.00. The van der Waals surface area contributed by atoms with E-state index < -0.39 is 12.0 Å². The second-order valence-electron chi connectivity index (χ2n) is 7.86. The summed E-state index contributed by atoms with van der Waals surface area (Å²) in [7, 11) is 3.16.